The van der Waals surface area contributed by atoms with Gasteiger partial charge in [0.25, 0.3) is 0 Å². The van der Waals surface area contributed by atoms with E-state index < -0.39 is 0 Å². The summed E-state index contributed by atoms with van der Waals surface area (Å²) in [5.74, 6) is 0. The Morgan fingerprint density at radius 2 is 1.05 bits per heavy atom. The monoisotopic (exact) mass is 735 g/mol. The smallest absolute Gasteiger partial charge is 0.143 e. The fourth-order valence-corrected chi connectivity index (χ4v) is 10.3. The van der Waals surface area contributed by atoms with Crippen molar-refractivity contribution in [2.45, 2.75) is 19.3 Å². The number of para-hydroxylation sites is 2. The lowest BCUT2D eigenvalue weighted by Crippen LogP contribution is -2.15. The van der Waals surface area contributed by atoms with Crippen LogP contribution in [0, 0.1) is 0 Å². The summed E-state index contributed by atoms with van der Waals surface area (Å²) in [5.41, 5.74) is 16.3. The number of furan rings is 1. The molecule has 0 saturated heterocycles. The van der Waals surface area contributed by atoms with E-state index in [0.29, 0.717) is 0 Å². The summed E-state index contributed by atoms with van der Waals surface area (Å²) in [4.78, 5) is 3.78. The van der Waals surface area contributed by atoms with Crippen LogP contribution in [0.5, 0.6) is 0 Å². The maximum Gasteiger partial charge on any atom is 0.143 e. The molecule has 2 heterocycles. The molecule has 0 fully saturated rings. The molecule has 0 bridgehead atoms. The van der Waals surface area contributed by atoms with Gasteiger partial charge in [-0.3, -0.25) is 0 Å². The zero-order valence-corrected chi connectivity index (χ0v) is 32.0. The largest absolute Gasteiger partial charge is 0.455 e. The molecule has 1 aliphatic rings. The molecule has 266 valence electrons. The standard InChI is InChI=1S/C53H37NOS/c1-53(2)47-33-38(26-31-45(47)52-50(53)46-17-7-9-21-49(46)56-52)37-14-10-15-41(32-37)54(39-27-22-35(23-28-39)34-12-4-3-5-13-34)40-29-24-36(25-30-40)42-18-11-19-44-43-16-6-8-20-48(43)55-51(42)44/h3-33H,1-2H3. The second kappa shape index (κ2) is 12.7. The van der Waals surface area contributed by atoms with Gasteiger partial charge in [-0.1, -0.05) is 147 Å². The number of fused-ring (bicyclic) bond motifs is 8. The first-order valence-electron chi connectivity index (χ1n) is 19.2. The Hall–Kier alpha value is -6.68. The minimum Gasteiger partial charge on any atom is -0.455 e. The quantitative estimate of drug-likeness (QED) is 0.169. The zero-order valence-electron chi connectivity index (χ0n) is 31.2. The van der Waals surface area contributed by atoms with E-state index >= 15 is 0 Å². The van der Waals surface area contributed by atoms with Crippen LogP contribution in [0.3, 0.4) is 0 Å². The van der Waals surface area contributed by atoms with Crippen molar-refractivity contribution in [1.82, 2.24) is 0 Å². The van der Waals surface area contributed by atoms with Crippen LogP contribution in [0.15, 0.2) is 192 Å². The first-order chi connectivity index (χ1) is 27.5. The molecule has 0 radical (unpaired) electrons. The SMILES string of the molecule is CC1(C)c2cc(-c3cccc(N(c4ccc(-c5ccccc5)cc4)c4ccc(-c5cccc6c5oc5ccccc56)cc4)c3)ccc2-c2sc3ccccc3c21. The molecule has 1 aliphatic carbocycles. The summed E-state index contributed by atoms with van der Waals surface area (Å²) in [7, 11) is 0. The summed E-state index contributed by atoms with van der Waals surface area (Å²) < 4.78 is 7.79. The number of rotatable bonds is 6. The zero-order chi connectivity index (χ0) is 37.4. The van der Waals surface area contributed by atoms with Gasteiger partial charge in [0.1, 0.15) is 11.2 Å². The average Bonchev–Trinajstić information content (AvgIpc) is 3.90. The van der Waals surface area contributed by atoms with E-state index in [1.165, 1.54) is 53.9 Å². The minimum absolute atomic E-state index is 0.0845. The highest BCUT2D eigenvalue weighted by atomic mass is 32.1. The highest BCUT2D eigenvalue weighted by molar-refractivity contribution is 7.22. The highest BCUT2D eigenvalue weighted by Crippen LogP contribution is 2.56. The molecular weight excluding hydrogens is 699 g/mol. The molecular formula is C53H37NOS. The van der Waals surface area contributed by atoms with Crippen LogP contribution in [0.4, 0.5) is 17.1 Å². The summed E-state index contributed by atoms with van der Waals surface area (Å²) in [5, 5.41) is 3.66. The number of benzene rings is 8. The highest BCUT2D eigenvalue weighted by Gasteiger charge is 2.38. The van der Waals surface area contributed by atoms with Crippen LogP contribution in [-0.2, 0) is 5.41 Å². The Balaban J connectivity index is 1.00. The average molecular weight is 736 g/mol. The predicted octanol–water partition coefficient (Wildman–Crippen LogP) is 15.6. The van der Waals surface area contributed by atoms with Crippen molar-refractivity contribution in [3.63, 3.8) is 0 Å². The van der Waals surface area contributed by atoms with Gasteiger partial charge >= 0.3 is 0 Å². The number of hydrogen-bond acceptors (Lipinski definition) is 3. The van der Waals surface area contributed by atoms with Gasteiger partial charge in [0.15, 0.2) is 0 Å². The normalized spacial score (nSPS) is 13.0. The van der Waals surface area contributed by atoms with E-state index in [2.05, 4.69) is 195 Å². The van der Waals surface area contributed by atoms with E-state index in [1.54, 1.807) is 0 Å². The van der Waals surface area contributed by atoms with Crippen molar-refractivity contribution in [2.75, 3.05) is 4.90 Å². The van der Waals surface area contributed by atoms with E-state index in [1.807, 2.05) is 23.5 Å². The van der Waals surface area contributed by atoms with Crippen LogP contribution < -0.4 is 4.90 Å². The van der Waals surface area contributed by atoms with E-state index in [9.17, 15) is 0 Å². The van der Waals surface area contributed by atoms with Crippen LogP contribution in [0.1, 0.15) is 25.0 Å². The Bertz CT molecular complexity index is 3090. The predicted molar refractivity (Wildman–Crippen MR) is 238 cm³/mol. The third-order valence-corrected chi connectivity index (χ3v) is 12.9. The van der Waals surface area contributed by atoms with E-state index in [-0.39, 0.29) is 5.41 Å². The molecule has 8 aromatic carbocycles. The number of anilines is 3. The van der Waals surface area contributed by atoms with E-state index in [4.69, 9.17) is 4.42 Å². The second-order valence-corrected chi connectivity index (χ2v) is 16.4. The van der Waals surface area contributed by atoms with Gasteiger partial charge in [-0.25, -0.2) is 0 Å². The number of nitrogens with zero attached hydrogens (tertiary/aromatic N) is 1. The molecule has 0 aliphatic heterocycles. The van der Waals surface area contributed by atoms with Gasteiger partial charge in [0, 0.05) is 48.4 Å². The summed E-state index contributed by atoms with van der Waals surface area (Å²) >= 11 is 1.92. The van der Waals surface area contributed by atoms with Gasteiger partial charge in [0.2, 0.25) is 0 Å². The molecule has 0 N–H and O–H groups in total. The Morgan fingerprint density at radius 1 is 0.446 bits per heavy atom. The maximum absolute atomic E-state index is 6.42. The Morgan fingerprint density at radius 3 is 1.86 bits per heavy atom. The van der Waals surface area contributed by atoms with Crippen LogP contribution in [0.25, 0.3) is 75.8 Å². The second-order valence-electron chi connectivity index (χ2n) is 15.3. The fraction of sp³-hybridized carbons (Fsp3) is 0.0566. The van der Waals surface area contributed by atoms with Crippen molar-refractivity contribution in [3.8, 4) is 43.8 Å². The van der Waals surface area contributed by atoms with Crippen molar-refractivity contribution >= 4 is 60.4 Å². The number of thiophene rings is 1. The van der Waals surface area contributed by atoms with E-state index in [0.717, 1.165) is 50.1 Å². The molecule has 0 unspecified atom stereocenters. The molecule has 0 atom stereocenters. The maximum atomic E-state index is 6.42. The van der Waals surface area contributed by atoms with Crippen molar-refractivity contribution in [3.05, 3.63) is 199 Å². The molecule has 0 saturated carbocycles. The summed E-state index contributed by atoms with van der Waals surface area (Å²) in [6.45, 7) is 4.77. The lowest BCUT2D eigenvalue weighted by Gasteiger charge is -2.27. The summed E-state index contributed by atoms with van der Waals surface area (Å²) in [6.07, 6.45) is 0. The van der Waals surface area contributed by atoms with Gasteiger partial charge < -0.3 is 9.32 Å². The fourth-order valence-electron chi connectivity index (χ4n) is 8.90. The lowest BCUT2D eigenvalue weighted by molar-refractivity contribution is 0.667. The third kappa shape index (κ3) is 5.16. The lowest BCUT2D eigenvalue weighted by atomic mass is 9.80. The van der Waals surface area contributed by atoms with Gasteiger partial charge in [0.05, 0.1) is 0 Å². The van der Waals surface area contributed by atoms with Crippen molar-refractivity contribution in [2.24, 2.45) is 0 Å². The Labute approximate surface area is 330 Å². The first-order valence-corrected chi connectivity index (χ1v) is 20.1. The molecule has 3 heteroatoms. The van der Waals surface area contributed by atoms with Gasteiger partial charge in [-0.15, -0.1) is 11.3 Å². The molecule has 2 aromatic heterocycles. The van der Waals surface area contributed by atoms with Crippen LogP contribution >= 0.6 is 11.3 Å². The third-order valence-electron chi connectivity index (χ3n) is 11.7. The van der Waals surface area contributed by atoms with Crippen LogP contribution in [0.2, 0.25) is 0 Å². The summed E-state index contributed by atoms with van der Waals surface area (Å²) in [6, 6.07) is 68.0. The minimum atomic E-state index is -0.0845. The molecule has 10 aromatic rings. The van der Waals surface area contributed by atoms with Crippen molar-refractivity contribution < 1.29 is 4.42 Å². The molecule has 11 rings (SSSR count). The number of hydrogen-bond donors (Lipinski definition) is 0. The molecule has 0 amide bonds. The van der Waals surface area contributed by atoms with Crippen molar-refractivity contribution in [1.29, 1.82) is 0 Å². The topological polar surface area (TPSA) is 16.4 Å². The molecule has 56 heavy (non-hydrogen) atoms. The van der Waals surface area contributed by atoms with Gasteiger partial charge in [-0.05, 0) is 104 Å². The van der Waals surface area contributed by atoms with Gasteiger partial charge in [-0.2, -0.15) is 0 Å². The first kappa shape index (κ1) is 32.7. The van der Waals surface area contributed by atoms with Crippen LogP contribution in [-0.4, -0.2) is 0 Å². The molecule has 0 spiro atoms. The molecule has 2 nitrogen and oxygen atoms in total. The Kier molecular flexibility index (Phi) is 7.42.